The van der Waals surface area contributed by atoms with Crippen molar-refractivity contribution in [1.82, 2.24) is 0 Å². The minimum Gasteiger partial charge on any atom is -0.469 e. The lowest BCUT2D eigenvalue weighted by Gasteiger charge is -2.17. The first-order valence-electron chi connectivity index (χ1n) is 4.16. The number of hydrogen-bond acceptors (Lipinski definition) is 4. The third-order valence-electron chi connectivity index (χ3n) is 1.65. The summed E-state index contributed by atoms with van der Waals surface area (Å²) < 4.78 is 15.1. The average Bonchev–Trinajstić information content (AvgIpc) is 2.41. The quantitative estimate of drug-likeness (QED) is 0.627. The fourth-order valence-electron chi connectivity index (χ4n) is 1.01. The molecule has 1 heterocycles. The van der Waals surface area contributed by atoms with Gasteiger partial charge in [-0.05, 0) is 0 Å². The number of hydrogen-bond donors (Lipinski definition) is 0. The molecule has 0 bridgehead atoms. The summed E-state index contributed by atoms with van der Waals surface area (Å²) >= 11 is 0. The number of esters is 1. The maximum atomic E-state index is 10.8. The molecule has 0 fully saturated rings. The molecule has 4 heteroatoms. The molecule has 0 saturated heterocycles. The van der Waals surface area contributed by atoms with Crippen LogP contribution in [0.4, 0.5) is 0 Å². The summed E-state index contributed by atoms with van der Waals surface area (Å²) in [7, 11) is 1.37. The Hall–Kier alpha value is -1.19. The zero-order chi connectivity index (χ0) is 9.90. The van der Waals surface area contributed by atoms with E-state index in [-0.39, 0.29) is 5.97 Å². The van der Waals surface area contributed by atoms with Gasteiger partial charge in [-0.25, -0.2) is 0 Å². The monoisotopic (exact) mass is 186 g/mol. The molecule has 0 aromatic rings. The van der Waals surface area contributed by atoms with Gasteiger partial charge in [-0.2, -0.15) is 0 Å². The molecule has 0 atom stereocenters. The molecule has 0 saturated carbocycles. The van der Waals surface area contributed by atoms with E-state index in [1.807, 2.05) is 13.8 Å². The predicted octanol–water partition coefficient (Wildman–Crippen LogP) is 1.56. The zero-order valence-electron chi connectivity index (χ0n) is 8.12. The molecule has 0 spiro atoms. The second-order valence-electron chi connectivity index (χ2n) is 3.28. The van der Waals surface area contributed by atoms with Gasteiger partial charge in [0.1, 0.15) is 12.0 Å². The highest BCUT2D eigenvalue weighted by Crippen LogP contribution is 2.26. The zero-order valence-corrected chi connectivity index (χ0v) is 8.12. The van der Waals surface area contributed by atoms with Crippen LogP contribution in [0.15, 0.2) is 12.0 Å². The van der Waals surface area contributed by atoms with Crippen molar-refractivity contribution in [3.63, 3.8) is 0 Å². The topological polar surface area (TPSA) is 44.8 Å². The Bertz CT molecular complexity index is 230. The Labute approximate surface area is 77.5 Å². The van der Waals surface area contributed by atoms with Crippen LogP contribution in [-0.2, 0) is 19.0 Å². The number of rotatable bonds is 3. The third-order valence-corrected chi connectivity index (χ3v) is 1.65. The average molecular weight is 186 g/mol. The van der Waals surface area contributed by atoms with Gasteiger partial charge in [-0.3, -0.25) is 4.79 Å². The standard InChI is InChI=1S/C9H14O4/c1-9(2)12-6-7(13-9)4-5-8(10)11-3/h6H,4-5H2,1-3H3. The highest BCUT2D eigenvalue weighted by Gasteiger charge is 2.27. The van der Waals surface area contributed by atoms with Crippen molar-refractivity contribution in [2.75, 3.05) is 7.11 Å². The molecule has 0 aromatic carbocycles. The molecule has 0 aliphatic carbocycles. The second-order valence-corrected chi connectivity index (χ2v) is 3.28. The minimum atomic E-state index is -0.592. The van der Waals surface area contributed by atoms with Crippen LogP contribution in [0.25, 0.3) is 0 Å². The molecule has 0 amide bonds. The molecule has 0 radical (unpaired) electrons. The van der Waals surface area contributed by atoms with Gasteiger partial charge in [0.05, 0.1) is 13.5 Å². The molecule has 1 aliphatic rings. The molecular formula is C9H14O4. The molecule has 0 unspecified atom stereocenters. The predicted molar refractivity (Wildman–Crippen MR) is 45.6 cm³/mol. The van der Waals surface area contributed by atoms with Crippen LogP contribution >= 0.6 is 0 Å². The van der Waals surface area contributed by atoms with Crippen LogP contribution in [-0.4, -0.2) is 18.9 Å². The maximum Gasteiger partial charge on any atom is 0.305 e. The lowest BCUT2D eigenvalue weighted by molar-refractivity contribution is -0.141. The van der Waals surface area contributed by atoms with Crippen LogP contribution < -0.4 is 0 Å². The highest BCUT2D eigenvalue weighted by molar-refractivity contribution is 5.69. The fraction of sp³-hybridized carbons (Fsp3) is 0.667. The Morgan fingerprint density at radius 2 is 2.31 bits per heavy atom. The molecule has 13 heavy (non-hydrogen) atoms. The van der Waals surface area contributed by atoms with Crippen LogP contribution in [0.3, 0.4) is 0 Å². The maximum absolute atomic E-state index is 10.8. The first kappa shape index (κ1) is 9.89. The molecule has 0 aromatic heterocycles. The van der Waals surface area contributed by atoms with Gasteiger partial charge in [0.25, 0.3) is 0 Å². The smallest absolute Gasteiger partial charge is 0.305 e. The van der Waals surface area contributed by atoms with Crippen molar-refractivity contribution >= 4 is 5.97 Å². The summed E-state index contributed by atoms with van der Waals surface area (Å²) in [6, 6.07) is 0. The van der Waals surface area contributed by atoms with Gasteiger partial charge < -0.3 is 14.2 Å². The largest absolute Gasteiger partial charge is 0.469 e. The third kappa shape index (κ3) is 2.97. The van der Waals surface area contributed by atoms with E-state index in [1.54, 1.807) is 6.26 Å². The van der Waals surface area contributed by atoms with E-state index in [9.17, 15) is 4.79 Å². The lowest BCUT2D eigenvalue weighted by Crippen LogP contribution is -2.20. The number of allylic oxidation sites excluding steroid dienone is 1. The van der Waals surface area contributed by atoms with Crippen molar-refractivity contribution in [2.24, 2.45) is 0 Å². The molecular weight excluding hydrogens is 172 g/mol. The summed E-state index contributed by atoms with van der Waals surface area (Å²) in [6.07, 6.45) is 2.39. The molecule has 74 valence electrons. The van der Waals surface area contributed by atoms with E-state index in [1.165, 1.54) is 7.11 Å². The normalized spacial score (nSPS) is 18.5. The van der Waals surface area contributed by atoms with Crippen molar-refractivity contribution in [1.29, 1.82) is 0 Å². The molecule has 0 N–H and O–H groups in total. The highest BCUT2D eigenvalue weighted by atomic mass is 16.7. The first-order chi connectivity index (χ1) is 6.03. The number of methoxy groups -OCH3 is 1. The van der Waals surface area contributed by atoms with E-state index in [0.29, 0.717) is 18.6 Å². The number of carbonyl (C=O) groups excluding carboxylic acids is 1. The Morgan fingerprint density at radius 3 is 2.77 bits per heavy atom. The molecule has 1 rings (SSSR count). The van der Waals surface area contributed by atoms with E-state index in [2.05, 4.69) is 4.74 Å². The summed E-state index contributed by atoms with van der Waals surface area (Å²) in [5, 5.41) is 0. The van der Waals surface area contributed by atoms with Gasteiger partial charge >= 0.3 is 5.97 Å². The van der Waals surface area contributed by atoms with E-state index >= 15 is 0 Å². The van der Waals surface area contributed by atoms with Crippen molar-refractivity contribution in [3.05, 3.63) is 12.0 Å². The fourth-order valence-corrected chi connectivity index (χ4v) is 1.01. The summed E-state index contributed by atoms with van der Waals surface area (Å²) in [5.41, 5.74) is 0. The summed E-state index contributed by atoms with van der Waals surface area (Å²) in [5.74, 6) is -0.143. The van der Waals surface area contributed by atoms with Gasteiger partial charge in [-0.15, -0.1) is 0 Å². The van der Waals surface area contributed by atoms with Crippen LogP contribution in [0.1, 0.15) is 26.7 Å². The van der Waals surface area contributed by atoms with Crippen molar-refractivity contribution in [3.8, 4) is 0 Å². The Balaban J connectivity index is 2.29. The second kappa shape index (κ2) is 3.68. The van der Waals surface area contributed by atoms with E-state index in [4.69, 9.17) is 9.47 Å². The van der Waals surface area contributed by atoms with Crippen LogP contribution in [0.2, 0.25) is 0 Å². The summed E-state index contributed by atoms with van der Waals surface area (Å²) in [6.45, 7) is 3.63. The Morgan fingerprint density at radius 1 is 1.62 bits per heavy atom. The number of carbonyl (C=O) groups is 1. The van der Waals surface area contributed by atoms with Crippen molar-refractivity contribution in [2.45, 2.75) is 32.5 Å². The Kier molecular flexibility index (Phi) is 2.80. The lowest BCUT2D eigenvalue weighted by atomic mass is 10.3. The van der Waals surface area contributed by atoms with E-state index < -0.39 is 5.79 Å². The molecule has 1 aliphatic heterocycles. The van der Waals surface area contributed by atoms with Gasteiger partial charge in [0, 0.05) is 20.3 Å². The van der Waals surface area contributed by atoms with E-state index in [0.717, 1.165) is 0 Å². The van der Waals surface area contributed by atoms with Crippen molar-refractivity contribution < 1.29 is 19.0 Å². The van der Waals surface area contributed by atoms with Gasteiger partial charge in [-0.1, -0.05) is 0 Å². The first-order valence-corrected chi connectivity index (χ1v) is 4.16. The van der Waals surface area contributed by atoms with Crippen LogP contribution in [0, 0.1) is 0 Å². The SMILES string of the molecule is COC(=O)CCC1=COC(C)(C)O1. The number of ether oxygens (including phenoxy) is 3. The minimum absolute atomic E-state index is 0.241. The summed E-state index contributed by atoms with van der Waals surface area (Å²) in [4.78, 5) is 10.8. The van der Waals surface area contributed by atoms with Gasteiger partial charge in [0.15, 0.2) is 0 Å². The van der Waals surface area contributed by atoms with Gasteiger partial charge in [0.2, 0.25) is 5.79 Å². The molecule has 4 nitrogen and oxygen atoms in total. The van der Waals surface area contributed by atoms with Crippen LogP contribution in [0.5, 0.6) is 0 Å².